The summed E-state index contributed by atoms with van der Waals surface area (Å²) in [4.78, 5) is 16.6. The lowest BCUT2D eigenvalue weighted by atomic mass is 10.2. The summed E-state index contributed by atoms with van der Waals surface area (Å²) in [6.07, 6.45) is 0. The lowest BCUT2D eigenvalue weighted by Crippen LogP contribution is -2.29. The highest BCUT2D eigenvalue weighted by Gasteiger charge is 2.41. The molecule has 7 nitrogen and oxygen atoms in total. The molecule has 4 rings (SSSR count). The molecule has 1 amide bonds. The fourth-order valence-corrected chi connectivity index (χ4v) is 4.49. The number of aromatic nitrogens is 2. The zero-order valence-electron chi connectivity index (χ0n) is 12.6. The molecule has 0 N–H and O–H groups in total. The van der Waals surface area contributed by atoms with E-state index in [1.54, 1.807) is 18.2 Å². The van der Waals surface area contributed by atoms with Crippen LogP contribution in [0.15, 0.2) is 62.4 Å². The third-order valence-electron chi connectivity index (χ3n) is 3.74. The highest BCUT2D eigenvalue weighted by molar-refractivity contribution is 9.10. The minimum absolute atomic E-state index is 0.00766. The van der Waals surface area contributed by atoms with Gasteiger partial charge in [-0.2, -0.15) is 4.98 Å². The lowest BCUT2D eigenvalue weighted by molar-refractivity contribution is 0.0855. The van der Waals surface area contributed by atoms with Gasteiger partial charge in [-0.15, -0.1) is 0 Å². The number of hydrogen-bond acceptors (Lipinski definition) is 6. The molecule has 1 aromatic heterocycles. The molecule has 0 bridgehead atoms. The van der Waals surface area contributed by atoms with Crippen LogP contribution < -0.4 is 0 Å². The van der Waals surface area contributed by atoms with Gasteiger partial charge in [-0.1, -0.05) is 45.4 Å². The number of carbonyl (C=O) groups excluding carboxylic acids is 1. The number of halogens is 1. The van der Waals surface area contributed by atoms with E-state index in [0.717, 1.165) is 8.78 Å². The van der Waals surface area contributed by atoms with Crippen molar-refractivity contribution in [3.05, 3.63) is 64.5 Å². The summed E-state index contributed by atoms with van der Waals surface area (Å²) in [5.74, 6) is -0.240. The van der Waals surface area contributed by atoms with E-state index < -0.39 is 15.9 Å². The molecule has 9 heteroatoms. The van der Waals surface area contributed by atoms with E-state index in [-0.39, 0.29) is 22.9 Å². The molecule has 1 aliphatic heterocycles. The molecule has 2 heterocycles. The minimum Gasteiger partial charge on any atom is -0.337 e. The minimum atomic E-state index is -3.91. The third-order valence-corrected chi connectivity index (χ3v) is 6.02. The first-order chi connectivity index (χ1) is 12.0. The summed E-state index contributed by atoms with van der Waals surface area (Å²) in [5, 5.41) is 3.85. The van der Waals surface area contributed by atoms with Crippen molar-refractivity contribution in [3.63, 3.8) is 0 Å². The van der Waals surface area contributed by atoms with Crippen LogP contribution in [0.5, 0.6) is 0 Å². The van der Waals surface area contributed by atoms with Crippen molar-refractivity contribution in [2.24, 2.45) is 0 Å². The Bertz CT molecular complexity index is 1090. The van der Waals surface area contributed by atoms with Crippen molar-refractivity contribution in [1.29, 1.82) is 0 Å². The van der Waals surface area contributed by atoms with Gasteiger partial charge < -0.3 is 4.52 Å². The number of benzene rings is 2. The van der Waals surface area contributed by atoms with Crippen LogP contribution in [0, 0.1) is 0 Å². The van der Waals surface area contributed by atoms with Crippen LogP contribution in [-0.4, -0.2) is 28.8 Å². The molecule has 0 aliphatic carbocycles. The number of amides is 1. The van der Waals surface area contributed by atoms with Gasteiger partial charge in [0.15, 0.2) is 0 Å². The van der Waals surface area contributed by atoms with Crippen LogP contribution in [0.3, 0.4) is 0 Å². The average Bonchev–Trinajstić information content (AvgIpc) is 3.14. The second-order valence-corrected chi connectivity index (χ2v) is 8.08. The largest absolute Gasteiger partial charge is 0.337 e. The summed E-state index contributed by atoms with van der Waals surface area (Å²) < 4.78 is 31.8. The number of carbonyl (C=O) groups is 1. The molecule has 0 saturated carbocycles. The van der Waals surface area contributed by atoms with Crippen molar-refractivity contribution < 1.29 is 17.7 Å². The van der Waals surface area contributed by atoms with Gasteiger partial charge in [0.1, 0.15) is 11.4 Å². The molecular formula is C16H10BrN3O4S. The first kappa shape index (κ1) is 16.0. The highest BCUT2D eigenvalue weighted by atomic mass is 79.9. The highest BCUT2D eigenvalue weighted by Crippen LogP contribution is 2.31. The fraction of sp³-hybridized carbons (Fsp3) is 0.0625. The molecule has 0 saturated heterocycles. The van der Waals surface area contributed by atoms with Gasteiger partial charge in [0.05, 0.1) is 5.56 Å². The maximum atomic E-state index is 12.5. The molecule has 1 aliphatic rings. The zero-order chi connectivity index (χ0) is 17.6. The number of fused-ring (bicyclic) bond motifs is 1. The van der Waals surface area contributed by atoms with Gasteiger partial charge in [-0.25, -0.2) is 12.7 Å². The quantitative estimate of drug-likeness (QED) is 0.647. The Kier molecular flexibility index (Phi) is 3.69. The average molecular weight is 420 g/mol. The van der Waals surface area contributed by atoms with Crippen LogP contribution in [0.4, 0.5) is 0 Å². The molecule has 0 spiro atoms. The molecule has 25 heavy (non-hydrogen) atoms. The Balaban J connectivity index is 1.65. The third kappa shape index (κ3) is 2.65. The first-order valence-corrected chi connectivity index (χ1v) is 9.45. The lowest BCUT2D eigenvalue weighted by Gasteiger charge is -2.11. The van der Waals surface area contributed by atoms with E-state index in [9.17, 15) is 13.2 Å². The topological polar surface area (TPSA) is 93.4 Å². The Hall–Kier alpha value is -2.52. The zero-order valence-corrected chi connectivity index (χ0v) is 15.0. The molecule has 3 aromatic rings. The molecule has 0 atom stereocenters. The normalized spacial score (nSPS) is 15.4. The Labute approximate surface area is 151 Å². The number of nitrogens with zero attached hydrogens (tertiary/aromatic N) is 3. The van der Waals surface area contributed by atoms with Gasteiger partial charge in [-0.05, 0) is 24.3 Å². The Morgan fingerprint density at radius 2 is 1.92 bits per heavy atom. The van der Waals surface area contributed by atoms with E-state index in [2.05, 4.69) is 26.1 Å². The van der Waals surface area contributed by atoms with E-state index in [4.69, 9.17) is 4.52 Å². The molecule has 0 radical (unpaired) electrons. The van der Waals surface area contributed by atoms with E-state index >= 15 is 0 Å². The standard InChI is InChI=1S/C16H10BrN3O4S/c17-11-5-3-4-10(8-11)15-18-14(24-19-15)9-20-16(21)12-6-1-2-7-13(12)25(20,22)23/h1-8H,9H2. The first-order valence-electron chi connectivity index (χ1n) is 7.21. The number of sulfonamides is 1. The van der Waals surface area contributed by atoms with Crippen molar-refractivity contribution in [2.45, 2.75) is 11.4 Å². The summed E-state index contributed by atoms with van der Waals surface area (Å²) in [5.41, 5.74) is 0.859. The molecular weight excluding hydrogens is 410 g/mol. The molecule has 0 fully saturated rings. The van der Waals surface area contributed by atoms with Gasteiger partial charge in [-0.3, -0.25) is 4.79 Å². The van der Waals surface area contributed by atoms with Gasteiger partial charge in [0.2, 0.25) is 11.7 Å². The fourth-order valence-electron chi connectivity index (χ4n) is 2.57. The van der Waals surface area contributed by atoms with Crippen LogP contribution in [0.25, 0.3) is 11.4 Å². The van der Waals surface area contributed by atoms with E-state index in [1.807, 2.05) is 18.2 Å². The van der Waals surface area contributed by atoms with Crippen LogP contribution in [0.1, 0.15) is 16.2 Å². The Morgan fingerprint density at radius 1 is 1.12 bits per heavy atom. The smallest absolute Gasteiger partial charge is 0.269 e. The second kappa shape index (κ2) is 5.78. The van der Waals surface area contributed by atoms with E-state index in [0.29, 0.717) is 11.4 Å². The molecule has 0 unspecified atom stereocenters. The van der Waals surface area contributed by atoms with Crippen molar-refractivity contribution >= 4 is 31.9 Å². The van der Waals surface area contributed by atoms with Gasteiger partial charge in [0, 0.05) is 10.0 Å². The molecule has 126 valence electrons. The summed E-state index contributed by atoms with van der Waals surface area (Å²) in [6.45, 7) is -0.309. The number of hydrogen-bond donors (Lipinski definition) is 0. The summed E-state index contributed by atoms with van der Waals surface area (Å²) in [6, 6.07) is 13.4. The summed E-state index contributed by atoms with van der Waals surface area (Å²) >= 11 is 3.36. The Morgan fingerprint density at radius 3 is 2.68 bits per heavy atom. The molecule has 2 aromatic carbocycles. The maximum absolute atomic E-state index is 12.5. The van der Waals surface area contributed by atoms with Gasteiger partial charge in [0.25, 0.3) is 15.9 Å². The number of rotatable bonds is 3. The summed E-state index contributed by atoms with van der Waals surface area (Å²) in [7, 11) is -3.91. The van der Waals surface area contributed by atoms with Crippen LogP contribution in [-0.2, 0) is 16.6 Å². The second-order valence-electron chi connectivity index (χ2n) is 5.34. The SMILES string of the molecule is O=C1c2ccccc2S(=O)(=O)N1Cc1nc(-c2cccc(Br)c2)no1. The maximum Gasteiger partial charge on any atom is 0.269 e. The van der Waals surface area contributed by atoms with Crippen molar-refractivity contribution in [3.8, 4) is 11.4 Å². The van der Waals surface area contributed by atoms with E-state index in [1.165, 1.54) is 12.1 Å². The predicted molar refractivity (Wildman–Crippen MR) is 90.9 cm³/mol. The van der Waals surface area contributed by atoms with Crippen molar-refractivity contribution in [1.82, 2.24) is 14.4 Å². The van der Waals surface area contributed by atoms with Gasteiger partial charge >= 0.3 is 0 Å². The monoisotopic (exact) mass is 419 g/mol. The van der Waals surface area contributed by atoms with Crippen LogP contribution in [0.2, 0.25) is 0 Å². The van der Waals surface area contributed by atoms with Crippen molar-refractivity contribution in [2.75, 3.05) is 0 Å². The predicted octanol–water partition coefficient (Wildman–Crippen LogP) is 2.84. The van der Waals surface area contributed by atoms with Crippen LogP contribution >= 0.6 is 15.9 Å².